The van der Waals surface area contributed by atoms with Crippen molar-refractivity contribution in [1.82, 2.24) is 14.5 Å². The summed E-state index contributed by atoms with van der Waals surface area (Å²) in [4.78, 5) is 23.7. The third-order valence-electron chi connectivity index (χ3n) is 4.83. The van der Waals surface area contributed by atoms with Gasteiger partial charge < -0.3 is 9.30 Å². The summed E-state index contributed by atoms with van der Waals surface area (Å²) >= 11 is 1.89. The van der Waals surface area contributed by atoms with Crippen molar-refractivity contribution in [2.45, 2.75) is 19.1 Å². The van der Waals surface area contributed by atoms with Crippen molar-refractivity contribution < 1.29 is 9.53 Å². The van der Waals surface area contributed by atoms with E-state index >= 15 is 0 Å². The minimum absolute atomic E-state index is 0.0629. The van der Waals surface area contributed by atoms with Gasteiger partial charge in [0.25, 0.3) is 5.91 Å². The van der Waals surface area contributed by atoms with Gasteiger partial charge in [-0.25, -0.2) is 9.97 Å². The lowest BCUT2D eigenvalue weighted by Crippen LogP contribution is -2.29. The first kappa shape index (κ1) is 15.7. The fraction of sp³-hybridized carbons (Fsp3) is 0.316. The third-order valence-corrected chi connectivity index (χ3v) is 5.96. The van der Waals surface area contributed by atoms with Gasteiger partial charge in [0.2, 0.25) is 11.8 Å². The van der Waals surface area contributed by atoms with Crippen molar-refractivity contribution in [3.05, 3.63) is 48.2 Å². The number of rotatable bonds is 3. The highest BCUT2D eigenvalue weighted by Gasteiger charge is 2.29. The van der Waals surface area contributed by atoms with Crippen LogP contribution in [0.15, 0.2) is 42.6 Å². The van der Waals surface area contributed by atoms with Crippen LogP contribution < -0.4 is 9.64 Å². The number of hydrogen-bond acceptors (Lipinski definition) is 5. The van der Waals surface area contributed by atoms with E-state index in [0.717, 1.165) is 35.5 Å². The van der Waals surface area contributed by atoms with Gasteiger partial charge in [-0.15, -0.1) is 0 Å². The summed E-state index contributed by atoms with van der Waals surface area (Å²) in [6.07, 6.45) is 2.86. The number of amides is 1. The van der Waals surface area contributed by atoms with Crippen LogP contribution in [0.4, 0.5) is 5.95 Å². The predicted octanol–water partition coefficient (Wildman–Crippen LogP) is 2.98. The molecule has 0 N–H and O–H groups in total. The molecule has 1 aromatic carbocycles. The second kappa shape index (κ2) is 6.32. The highest BCUT2D eigenvalue weighted by atomic mass is 32.2. The van der Waals surface area contributed by atoms with Gasteiger partial charge in [0.15, 0.2) is 0 Å². The van der Waals surface area contributed by atoms with E-state index in [9.17, 15) is 4.79 Å². The number of benzene rings is 1. The largest absolute Gasteiger partial charge is 0.473 e. The molecule has 2 aliphatic rings. The van der Waals surface area contributed by atoms with Crippen LogP contribution in [0.5, 0.6) is 5.88 Å². The Morgan fingerprint density at radius 1 is 1.23 bits per heavy atom. The van der Waals surface area contributed by atoms with Crippen LogP contribution in [0.25, 0.3) is 11.0 Å². The highest BCUT2D eigenvalue weighted by Crippen LogP contribution is 2.29. The molecule has 1 atom stereocenters. The Balaban J connectivity index is 1.42. The zero-order chi connectivity index (χ0) is 17.5. The number of para-hydroxylation sites is 2. The minimum Gasteiger partial charge on any atom is -0.473 e. The molecule has 0 radical (unpaired) electrons. The summed E-state index contributed by atoms with van der Waals surface area (Å²) in [5, 5.41) is 0. The number of imidazole rings is 1. The van der Waals surface area contributed by atoms with E-state index < -0.39 is 0 Å². The normalized spacial score (nSPS) is 19.1. The Morgan fingerprint density at radius 3 is 3.04 bits per heavy atom. The van der Waals surface area contributed by atoms with Crippen molar-refractivity contribution in [2.24, 2.45) is 0 Å². The average molecular weight is 366 g/mol. The van der Waals surface area contributed by atoms with Gasteiger partial charge in [0.05, 0.1) is 11.0 Å². The van der Waals surface area contributed by atoms with Crippen LogP contribution in [0.1, 0.15) is 16.8 Å². The first-order valence-corrected chi connectivity index (χ1v) is 9.93. The number of carbonyl (C=O) groups is 1. The van der Waals surface area contributed by atoms with Gasteiger partial charge in [0.1, 0.15) is 6.10 Å². The third kappa shape index (κ3) is 2.63. The Bertz CT molecular complexity index is 981. The van der Waals surface area contributed by atoms with Gasteiger partial charge in [-0.05, 0) is 30.4 Å². The SMILES string of the molecule is O=C(c1ccnc(O[C@H]2CCSC2)c1)N1CCn2c1nc1ccccc12. The fourth-order valence-electron chi connectivity index (χ4n) is 3.52. The standard InChI is InChI=1S/C19H18N4O2S/c24-18(13-5-7-20-17(11-13)25-14-6-10-26-12-14)23-9-8-22-16-4-2-1-3-15(16)21-19(22)23/h1-5,7,11,14H,6,8-10,12H2/t14-/m0/s1. The molecule has 1 saturated heterocycles. The molecule has 2 aliphatic heterocycles. The van der Waals surface area contributed by atoms with Crippen LogP contribution in [0, 0.1) is 0 Å². The van der Waals surface area contributed by atoms with Crippen molar-refractivity contribution >= 4 is 34.7 Å². The lowest BCUT2D eigenvalue weighted by atomic mass is 10.2. The number of carbonyl (C=O) groups excluding carboxylic acids is 1. The van der Waals surface area contributed by atoms with E-state index in [0.29, 0.717) is 23.9 Å². The van der Waals surface area contributed by atoms with Gasteiger partial charge in [-0.1, -0.05) is 12.1 Å². The molecule has 7 heteroatoms. The molecule has 6 nitrogen and oxygen atoms in total. The van der Waals surface area contributed by atoms with Crippen LogP contribution in [0.3, 0.4) is 0 Å². The van der Waals surface area contributed by atoms with E-state index in [1.54, 1.807) is 23.2 Å². The molecule has 0 unspecified atom stereocenters. The first-order chi connectivity index (χ1) is 12.8. The lowest BCUT2D eigenvalue weighted by molar-refractivity contribution is 0.0987. The molecule has 26 heavy (non-hydrogen) atoms. The quantitative estimate of drug-likeness (QED) is 0.713. The Labute approximate surface area is 155 Å². The number of fused-ring (bicyclic) bond motifs is 3. The molecule has 132 valence electrons. The van der Waals surface area contributed by atoms with Crippen molar-refractivity contribution in [1.29, 1.82) is 0 Å². The smallest absolute Gasteiger partial charge is 0.260 e. The maximum atomic E-state index is 13.1. The predicted molar refractivity (Wildman–Crippen MR) is 102 cm³/mol. The van der Waals surface area contributed by atoms with E-state index in [1.165, 1.54) is 0 Å². The summed E-state index contributed by atoms with van der Waals surface area (Å²) in [5.41, 5.74) is 2.56. The summed E-state index contributed by atoms with van der Waals surface area (Å²) in [5.74, 6) is 3.27. The molecular weight excluding hydrogens is 348 g/mol. The molecule has 2 aromatic heterocycles. The summed E-state index contributed by atoms with van der Waals surface area (Å²) in [6.45, 7) is 1.39. The number of nitrogens with zero attached hydrogens (tertiary/aromatic N) is 4. The number of anilines is 1. The average Bonchev–Trinajstić information content (AvgIpc) is 3.38. The molecule has 0 spiro atoms. The molecule has 0 aliphatic carbocycles. The van der Waals surface area contributed by atoms with E-state index in [-0.39, 0.29) is 12.0 Å². The van der Waals surface area contributed by atoms with E-state index in [2.05, 4.69) is 14.5 Å². The second-order valence-corrected chi connectivity index (χ2v) is 7.64. The zero-order valence-corrected chi connectivity index (χ0v) is 15.0. The van der Waals surface area contributed by atoms with E-state index in [1.807, 2.05) is 36.0 Å². The number of hydrogen-bond donors (Lipinski definition) is 0. The molecule has 4 heterocycles. The van der Waals surface area contributed by atoms with Crippen LogP contribution in [-0.4, -0.2) is 44.6 Å². The second-order valence-electron chi connectivity index (χ2n) is 6.50. The van der Waals surface area contributed by atoms with Crippen molar-refractivity contribution in [2.75, 3.05) is 23.0 Å². The zero-order valence-electron chi connectivity index (χ0n) is 14.2. The Hall–Kier alpha value is -2.54. The fourth-order valence-corrected chi connectivity index (χ4v) is 4.61. The molecule has 0 bridgehead atoms. The van der Waals surface area contributed by atoms with Crippen LogP contribution in [0.2, 0.25) is 0 Å². The molecular formula is C19H18N4O2S. The molecule has 1 amide bonds. The van der Waals surface area contributed by atoms with Gasteiger partial charge in [0, 0.05) is 36.7 Å². The van der Waals surface area contributed by atoms with Gasteiger partial charge in [-0.2, -0.15) is 11.8 Å². The molecule has 1 fully saturated rings. The van der Waals surface area contributed by atoms with Gasteiger partial charge >= 0.3 is 0 Å². The first-order valence-electron chi connectivity index (χ1n) is 8.77. The number of pyridine rings is 1. The summed E-state index contributed by atoms with van der Waals surface area (Å²) < 4.78 is 8.02. The number of ether oxygens (including phenoxy) is 1. The monoisotopic (exact) mass is 366 g/mol. The summed E-state index contributed by atoms with van der Waals surface area (Å²) in [6, 6.07) is 11.5. The van der Waals surface area contributed by atoms with Crippen LogP contribution >= 0.6 is 11.8 Å². The van der Waals surface area contributed by atoms with Crippen LogP contribution in [-0.2, 0) is 6.54 Å². The molecule has 0 saturated carbocycles. The maximum Gasteiger partial charge on any atom is 0.260 e. The molecule has 5 rings (SSSR count). The number of aromatic nitrogens is 3. The van der Waals surface area contributed by atoms with Crippen molar-refractivity contribution in [3.8, 4) is 5.88 Å². The molecule has 3 aromatic rings. The minimum atomic E-state index is -0.0629. The number of thioether (sulfide) groups is 1. The van der Waals surface area contributed by atoms with Gasteiger partial charge in [-0.3, -0.25) is 9.69 Å². The maximum absolute atomic E-state index is 13.1. The summed E-state index contributed by atoms with van der Waals surface area (Å²) in [7, 11) is 0. The van der Waals surface area contributed by atoms with E-state index in [4.69, 9.17) is 4.74 Å². The van der Waals surface area contributed by atoms with Crippen molar-refractivity contribution in [3.63, 3.8) is 0 Å². The Kier molecular flexibility index (Phi) is 3.81. The lowest BCUT2D eigenvalue weighted by Gasteiger charge is -2.15. The topological polar surface area (TPSA) is 60.2 Å². The highest BCUT2D eigenvalue weighted by molar-refractivity contribution is 7.99. The Morgan fingerprint density at radius 2 is 2.15 bits per heavy atom.